The van der Waals surface area contributed by atoms with Crippen molar-refractivity contribution in [1.29, 1.82) is 0 Å². The van der Waals surface area contributed by atoms with Crippen molar-refractivity contribution in [2.75, 3.05) is 50.0 Å². The number of nitrogen functional groups attached to an aromatic ring is 1. The second kappa shape index (κ2) is 8.11. The molecule has 1 saturated heterocycles. The fraction of sp³-hybridized carbons (Fsp3) is 0.500. The minimum atomic E-state index is 0.220. The Bertz CT molecular complexity index is 682. The van der Waals surface area contributed by atoms with Crippen LogP contribution in [0.2, 0.25) is 0 Å². The molecule has 0 unspecified atom stereocenters. The molecule has 0 aliphatic carbocycles. The van der Waals surface area contributed by atoms with Crippen molar-refractivity contribution in [3.8, 4) is 6.01 Å². The lowest BCUT2D eigenvalue weighted by molar-refractivity contribution is 0.258. The van der Waals surface area contributed by atoms with Crippen LogP contribution in [0, 0.1) is 6.92 Å². The molecule has 1 aromatic heterocycles. The van der Waals surface area contributed by atoms with Crippen molar-refractivity contribution >= 4 is 11.6 Å². The topological polar surface area (TPSA) is 80.4 Å². The number of hydrogen-bond donors (Lipinski definition) is 1. The fourth-order valence-corrected chi connectivity index (χ4v) is 2.96. The summed E-state index contributed by atoms with van der Waals surface area (Å²) in [6, 6.07) is 9.06. The highest BCUT2D eigenvalue weighted by Gasteiger charge is 2.17. The predicted molar refractivity (Wildman–Crippen MR) is 98.9 cm³/mol. The van der Waals surface area contributed by atoms with E-state index in [1.54, 1.807) is 0 Å². The van der Waals surface area contributed by atoms with E-state index in [9.17, 15) is 0 Å². The van der Waals surface area contributed by atoms with Crippen molar-refractivity contribution in [2.24, 2.45) is 0 Å². The third-order valence-electron chi connectivity index (χ3n) is 4.37. The lowest BCUT2D eigenvalue weighted by Crippen LogP contribution is -2.47. The fourth-order valence-electron chi connectivity index (χ4n) is 2.96. The number of ether oxygens (including phenoxy) is 1. The number of anilines is 2. The van der Waals surface area contributed by atoms with Gasteiger partial charge in [0.2, 0.25) is 5.95 Å². The summed E-state index contributed by atoms with van der Waals surface area (Å²) in [6.07, 6.45) is 0.747. The first kappa shape index (κ1) is 17.4. The van der Waals surface area contributed by atoms with Gasteiger partial charge in [-0.3, -0.25) is 4.90 Å². The Balaban J connectivity index is 1.50. The Morgan fingerprint density at radius 2 is 1.76 bits per heavy atom. The van der Waals surface area contributed by atoms with E-state index in [0.717, 1.165) is 39.1 Å². The van der Waals surface area contributed by atoms with E-state index >= 15 is 0 Å². The summed E-state index contributed by atoms with van der Waals surface area (Å²) in [5.74, 6) is 0.912. The van der Waals surface area contributed by atoms with Gasteiger partial charge in [0, 0.05) is 44.8 Å². The number of piperazine rings is 1. The van der Waals surface area contributed by atoms with Crippen LogP contribution in [-0.4, -0.2) is 59.2 Å². The Morgan fingerprint density at radius 1 is 1.04 bits per heavy atom. The Hall–Kier alpha value is -2.41. The third kappa shape index (κ3) is 4.79. The van der Waals surface area contributed by atoms with Crippen LogP contribution in [-0.2, 0) is 6.42 Å². The Labute approximate surface area is 148 Å². The molecule has 1 aliphatic heterocycles. The van der Waals surface area contributed by atoms with Crippen LogP contribution in [0.25, 0.3) is 0 Å². The molecule has 134 valence electrons. The monoisotopic (exact) mass is 342 g/mol. The van der Waals surface area contributed by atoms with Gasteiger partial charge in [0.05, 0.1) is 6.61 Å². The summed E-state index contributed by atoms with van der Waals surface area (Å²) in [5.41, 5.74) is 8.33. The molecule has 2 aromatic rings. The lowest BCUT2D eigenvalue weighted by atomic mass is 10.2. The van der Waals surface area contributed by atoms with Gasteiger partial charge in [0.25, 0.3) is 0 Å². The summed E-state index contributed by atoms with van der Waals surface area (Å²) in [7, 11) is 0. The van der Waals surface area contributed by atoms with Gasteiger partial charge in [-0.05, 0) is 26.0 Å². The Morgan fingerprint density at radius 3 is 2.44 bits per heavy atom. The second-order valence-corrected chi connectivity index (χ2v) is 6.24. The van der Waals surface area contributed by atoms with Gasteiger partial charge in [-0.1, -0.05) is 17.7 Å². The molecule has 0 bridgehead atoms. The number of hydrogen-bond acceptors (Lipinski definition) is 7. The highest BCUT2D eigenvalue weighted by atomic mass is 16.5. The van der Waals surface area contributed by atoms with E-state index in [4.69, 9.17) is 10.5 Å². The summed E-state index contributed by atoms with van der Waals surface area (Å²) >= 11 is 0. The molecule has 0 spiro atoms. The first-order valence-electron chi connectivity index (χ1n) is 8.81. The van der Waals surface area contributed by atoms with E-state index in [1.807, 2.05) is 6.92 Å². The molecule has 1 aromatic carbocycles. The summed E-state index contributed by atoms with van der Waals surface area (Å²) < 4.78 is 5.33. The highest BCUT2D eigenvalue weighted by molar-refractivity contribution is 5.47. The normalized spacial score (nSPS) is 15.4. The van der Waals surface area contributed by atoms with E-state index in [1.165, 1.54) is 11.3 Å². The molecule has 0 amide bonds. The lowest BCUT2D eigenvalue weighted by Gasteiger charge is -2.36. The zero-order valence-corrected chi connectivity index (χ0v) is 15.0. The highest BCUT2D eigenvalue weighted by Crippen LogP contribution is 2.17. The van der Waals surface area contributed by atoms with Crippen LogP contribution in [0.3, 0.4) is 0 Å². The van der Waals surface area contributed by atoms with Crippen molar-refractivity contribution < 1.29 is 4.74 Å². The van der Waals surface area contributed by atoms with Gasteiger partial charge in [-0.2, -0.15) is 15.0 Å². The molecule has 0 saturated carbocycles. The van der Waals surface area contributed by atoms with Gasteiger partial charge >= 0.3 is 6.01 Å². The maximum absolute atomic E-state index is 5.73. The molecular formula is C18H26N6O. The number of nitrogens with two attached hydrogens (primary N) is 1. The van der Waals surface area contributed by atoms with Crippen molar-refractivity contribution in [1.82, 2.24) is 19.9 Å². The quantitative estimate of drug-likeness (QED) is 0.852. The van der Waals surface area contributed by atoms with Crippen LogP contribution in [0.4, 0.5) is 11.6 Å². The molecule has 7 nitrogen and oxygen atoms in total. The van der Waals surface area contributed by atoms with Gasteiger partial charge in [-0.15, -0.1) is 0 Å². The minimum absolute atomic E-state index is 0.220. The van der Waals surface area contributed by atoms with E-state index in [-0.39, 0.29) is 5.95 Å². The average Bonchev–Trinajstić information content (AvgIpc) is 2.61. The van der Waals surface area contributed by atoms with Crippen LogP contribution >= 0.6 is 0 Å². The molecule has 1 aliphatic rings. The average molecular weight is 342 g/mol. The molecule has 0 atom stereocenters. The molecule has 3 rings (SSSR count). The SMILES string of the molecule is CCOc1nc(N)nc(CCN2CCN(c3ccc(C)cc3)CC2)n1. The maximum Gasteiger partial charge on any atom is 0.321 e. The van der Waals surface area contributed by atoms with Crippen LogP contribution in [0.1, 0.15) is 18.3 Å². The molecule has 2 N–H and O–H groups in total. The zero-order chi connectivity index (χ0) is 17.6. The zero-order valence-electron chi connectivity index (χ0n) is 15.0. The second-order valence-electron chi connectivity index (χ2n) is 6.24. The number of rotatable bonds is 6. The smallest absolute Gasteiger partial charge is 0.321 e. The molecule has 0 radical (unpaired) electrons. The maximum atomic E-state index is 5.73. The molecule has 25 heavy (non-hydrogen) atoms. The van der Waals surface area contributed by atoms with Crippen LogP contribution in [0.15, 0.2) is 24.3 Å². The number of benzene rings is 1. The van der Waals surface area contributed by atoms with Gasteiger partial charge in [0.1, 0.15) is 5.82 Å². The van der Waals surface area contributed by atoms with E-state index in [0.29, 0.717) is 18.4 Å². The number of aromatic nitrogens is 3. The van der Waals surface area contributed by atoms with Crippen LogP contribution < -0.4 is 15.4 Å². The van der Waals surface area contributed by atoms with Gasteiger partial charge < -0.3 is 15.4 Å². The standard InChI is InChI=1S/C18H26N6O/c1-3-25-18-21-16(20-17(19)22-18)8-9-23-10-12-24(13-11-23)15-6-4-14(2)5-7-15/h4-7H,3,8-13H2,1-2H3,(H2,19,20,21,22). The first-order valence-corrected chi connectivity index (χ1v) is 8.81. The first-order chi connectivity index (χ1) is 12.1. The Kier molecular flexibility index (Phi) is 5.65. The largest absolute Gasteiger partial charge is 0.464 e. The minimum Gasteiger partial charge on any atom is -0.464 e. The van der Waals surface area contributed by atoms with Gasteiger partial charge in [0.15, 0.2) is 0 Å². The van der Waals surface area contributed by atoms with E-state index in [2.05, 4.69) is 55.9 Å². The van der Waals surface area contributed by atoms with Crippen molar-refractivity contribution in [3.63, 3.8) is 0 Å². The van der Waals surface area contributed by atoms with Crippen LogP contribution in [0.5, 0.6) is 6.01 Å². The summed E-state index contributed by atoms with van der Waals surface area (Å²) in [4.78, 5) is 17.4. The summed E-state index contributed by atoms with van der Waals surface area (Å²) in [5, 5.41) is 0. The molecule has 2 heterocycles. The molecular weight excluding hydrogens is 316 g/mol. The molecule has 7 heteroatoms. The number of nitrogens with zero attached hydrogens (tertiary/aromatic N) is 5. The predicted octanol–water partition coefficient (Wildman–Crippen LogP) is 1.53. The number of aryl methyl sites for hydroxylation is 1. The summed E-state index contributed by atoms with van der Waals surface area (Å²) in [6.45, 7) is 9.58. The van der Waals surface area contributed by atoms with E-state index < -0.39 is 0 Å². The van der Waals surface area contributed by atoms with Crippen molar-refractivity contribution in [2.45, 2.75) is 20.3 Å². The molecule has 1 fully saturated rings. The van der Waals surface area contributed by atoms with Crippen molar-refractivity contribution in [3.05, 3.63) is 35.7 Å². The van der Waals surface area contributed by atoms with Gasteiger partial charge in [-0.25, -0.2) is 0 Å². The third-order valence-corrected chi connectivity index (χ3v) is 4.37.